The Kier molecular flexibility index (Phi) is 3.37. The van der Waals surface area contributed by atoms with E-state index in [2.05, 4.69) is 5.92 Å². The summed E-state index contributed by atoms with van der Waals surface area (Å²) in [5.41, 5.74) is 0.0745. The van der Waals surface area contributed by atoms with Gasteiger partial charge in [0.05, 0.1) is 0 Å². The van der Waals surface area contributed by atoms with Gasteiger partial charge in [-0.1, -0.05) is 24.4 Å². The zero-order chi connectivity index (χ0) is 7.33. The molecule has 1 atom stereocenters. The van der Waals surface area contributed by atoms with Crippen LogP contribution < -0.4 is 0 Å². The zero-order valence-corrected chi connectivity index (χ0v) is 6.02. The predicted octanol–water partition coefficient (Wildman–Crippen LogP) is 1.51. The number of aliphatic hydroxyl groups is 1. The van der Waals surface area contributed by atoms with Crippen molar-refractivity contribution < 1.29 is 5.11 Å². The lowest BCUT2D eigenvalue weighted by molar-refractivity contribution is 0.149. The minimum atomic E-state index is -1.15. The van der Waals surface area contributed by atoms with E-state index in [0.29, 0.717) is 6.42 Å². The van der Waals surface area contributed by atoms with Gasteiger partial charge in [-0.2, -0.15) is 0 Å². The van der Waals surface area contributed by atoms with Gasteiger partial charge in [0.1, 0.15) is 5.60 Å². The Morgan fingerprint density at radius 2 is 2.44 bits per heavy atom. The minimum Gasteiger partial charge on any atom is -0.374 e. The summed E-state index contributed by atoms with van der Waals surface area (Å²) in [7, 11) is 0. The summed E-state index contributed by atoms with van der Waals surface area (Å²) in [5, 5.41) is 9.22. The molecule has 0 aromatic heterocycles. The minimum absolute atomic E-state index is 0.479. The van der Waals surface area contributed by atoms with Gasteiger partial charge < -0.3 is 5.11 Å². The predicted molar refractivity (Wildman–Crippen MR) is 39.1 cm³/mol. The molecule has 0 fully saturated rings. The molecule has 0 aliphatic heterocycles. The number of rotatable bonds is 2. The van der Waals surface area contributed by atoms with Crippen LogP contribution in [0.2, 0.25) is 0 Å². The standard InChI is InChI=1S/C7H9ClO/c1-3-7(9,4-2)5-6-8/h1,5-6,9H,4H2,2H3/b6-5+/t7-/m1/s1. The summed E-state index contributed by atoms with van der Waals surface area (Å²) in [6.45, 7) is 1.79. The topological polar surface area (TPSA) is 20.2 Å². The molecule has 1 N–H and O–H groups in total. The Balaban J connectivity index is 4.14. The van der Waals surface area contributed by atoms with Crippen molar-refractivity contribution in [3.63, 3.8) is 0 Å². The van der Waals surface area contributed by atoms with Crippen molar-refractivity contribution in [1.82, 2.24) is 0 Å². The Morgan fingerprint density at radius 3 is 2.56 bits per heavy atom. The molecule has 2 heteroatoms. The number of hydrogen-bond donors (Lipinski definition) is 1. The van der Waals surface area contributed by atoms with Crippen LogP contribution in [-0.2, 0) is 0 Å². The van der Waals surface area contributed by atoms with E-state index in [1.807, 2.05) is 0 Å². The van der Waals surface area contributed by atoms with Crippen molar-refractivity contribution in [2.45, 2.75) is 18.9 Å². The number of terminal acetylenes is 1. The lowest BCUT2D eigenvalue weighted by Gasteiger charge is -2.12. The zero-order valence-electron chi connectivity index (χ0n) is 5.26. The first-order valence-corrected chi connectivity index (χ1v) is 3.10. The van der Waals surface area contributed by atoms with Crippen LogP contribution in [-0.4, -0.2) is 10.7 Å². The summed E-state index contributed by atoms with van der Waals surface area (Å²) in [5.74, 6) is 2.21. The fourth-order valence-electron chi connectivity index (χ4n) is 0.372. The fourth-order valence-corrected chi connectivity index (χ4v) is 0.581. The highest BCUT2D eigenvalue weighted by Gasteiger charge is 2.15. The number of hydrogen-bond acceptors (Lipinski definition) is 1. The molecule has 1 nitrogen and oxygen atoms in total. The van der Waals surface area contributed by atoms with Crippen LogP contribution in [0.4, 0.5) is 0 Å². The highest BCUT2D eigenvalue weighted by Crippen LogP contribution is 2.09. The monoisotopic (exact) mass is 144 g/mol. The van der Waals surface area contributed by atoms with Gasteiger partial charge >= 0.3 is 0 Å². The van der Waals surface area contributed by atoms with Crippen molar-refractivity contribution >= 4 is 11.6 Å². The third-order valence-electron chi connectivity index (χ3n) is 1.13. The normalized spacial score (nSPS) is 17.1. The summed E-state index contributed by atoms with van der Waals surface area (Å²) in [6.07, 6.45) is 6.86. The molecular weight excluding hydrogens is 136 g/mol. The SMILES string of the molecule is C#C[C@](O)(/C=C/Cl)CC. The molecule has 0 amide bonds. The highest BCUT2D eigenvalue weighted by molar-refractivity contribution is 6.25. The van der Waals surface area contributed by atoms with Crippen LogP contribution in [0.5, 0.6) is 0 Å². The first-order valence-electron chi connectivity index (χ1n) is 2.66. The van der Waals surface area contributed by atoms with Crippen LogP contribution >= 0.6 is 11.6 Å². The number of halogens is 1. The van der Waals surface area contributed by atoms with Gasteiger partial charge in [0.2, 0.25) is 0 Å². The quantitative estimate of drug-likeness (QED) is 0.583. The Bertz CT molecular complexity index is 145. The Hall–Kier alpha value is -0.450. The molecule has 0 heterocycles. The molecule has 0 aliphatic carbocycles. The Labute approximate surface area is 60.3 Å². The lowest BCUT2D eigenvalue weighted by atomic mass is 10.0. The van der Waals surface area contributed by atoms with Crippen molar-refractivity contribution in [3.8, 4) is 12.3 Å². The van der Waals surface area contributed by atoms with Gasteiger partial charge in [0.15, 0.2) is 0 Å². The van der Waals surface area contributed by atoms with E-state index in [4.69, 9.17) is 18.0 Å². The van der Waals surface area contributed by atoms with Gasteiger partial charge in [0.25, 0.3) is 0 Å². The van der Waals surface area contributed by atoms with E-state index in [9.17, 15) is 5.11 Å². The first-order chi connectivity index (χ1) is 4.18. The molecule has 0 spiro atoms. The van der Waals surface area contributed by atoms with E-state index in [1.54, 1.807) is 6.92 Å². The molecule has 9 heavy (non-hydrogen) atoms. The second-order valence-corrected chi connectivity index (χ2v) is 1.97. The maximum Gasteiger partial charge on any atom is 0.144 e. The van der Waals surface area contributed by atoms with Gasteiger partial charge in [-0.3, -0.25) is 0 Å². The third kappa shape index (κ3) is 2.55. The van der Waals surface area contributed by atoms with Crippen molar-refractivity contribution in [1.29, 1.82) is 0 Å². The van der Waals surface area contributed by atoms with Gasteiger partial charge in [-0.15, -0.1) is 6.42 Å². The fraction of sp³-hybridized carbons (Fsp3) is 0.429. The van der Waals surface area contributed by atoms with Gasteiger partial charge in [-0.05, 0) is 12.5 Å². The van der Waals surface area contributed by atoms with E-state index < -0.39 is 5.60 Å². The maximum atomic E-state index is 9.22. The molecule has 0 aliphatic rings. The molecule has 0 rings (SSSR count). The van der Waals surface area contributed by atoms with Crippen LogP contribution in [0, 0.1) is 12.3 Å². The van der Waals surface area contributed by atoms with Crippen LogP contribution in [0.15, 0.2) is 11.6 Å². The summed E-state index contributed by atoms with van der Waals surface area (Å²) >= 11 is 5.21. The summed E-state index contributed by atoms with van der Waals surface area (Å²) in [6, 6.07) is 0. The molecule has 0 unspecified atom stereocenters. The summed E-state index contributed by atoms with van der Waals surface area (Å²) in [4.78, 5) is 0. The van der Waals surface area contributed by atoms with E-state index in [0.717, 1.165) is 0 Å². The van der Waals surface area contributed by atoms with E-state index in [1.165, 1.54) is 11.6 Å². The van der Waals surface area contributed by atoms with E-state index >= 15 is 0 Å². The first kappa shape index (κ1) is 8.55. The molecule has 0 aromatic rings. The third-order valence-corrected chi connectivity index (χ3v) is 1.25. The molecule has 0 radical (unpaired) electrons. The Morgan fingerprint density at radius 1 is 1.89 bits per heavy atom. The smallest absolute Gasteiger partial charge is 0.144 e. The van der Waals surface area contributed by atoms with Crippen molar-refractivity contribution in [2.75, 3.05) is 0 Å². The molecule has 50 valence electrons. The average Bonchev–Trinajstić information content (AvgIpc) is 1.89. The molecule has 0 saturated heterocycles. The highest BCUT2D eigenvalue weighted by atomic mass is 35.5. The molecule has 0 aromatic carbocycles. The largest absolute Gasteiger partial charge is 0.374 e. The average molecular weight is 145 g/mol. The van der Waals surface area contributed by atoms with Crippen LogP contribution in [0.1, 0.15) is 13.3 Å². The second kappa shape index (κ2) is 3.55. The van der Waals surface area contributed by atoms with Crippen molar-refractivity contribution in [2.24, 2.45) is 0 Å². The van der Waals surface area contributed by atoms with Crippen LogP contribution in [0.25, 0.3) is 0 Å². The summed E-state index contributed by atoms with van der Waals surface area (Å²) < 4.78 is 0. The molecule has 0 bridgehead atoms. The second-order valence-electron chi connectivity index (χ2n) is 1.71. The maximum absolute atomic E-state index is 9.22. The van der Waals surface area contributed by atoms with Gasteiger partial charge in [-0.25, -0.2) is 0 Å². The molecular formula is C7H9ClO. The van der Waals surface area contributed by atoms with Crippen LogP contribution in [0.3, 0.4) is 0 Å². The van der Waals surface area contributed by atoms with E-state index in [-0.39, 0.29) is 0 Å². The van der Waals surface area contributed by atoms with Gasteiger partial charge in [0, 0.05) is 5.54 Å². The molecule has 0 saturated carbocycles. The van der Waals surface area contributed by atoms with Crippen molar-refractivity contribution in [3.05, 3.63) is 11.6 Å². The lowest BCUT2D eigenvalue weighted by Crippen LogP contribution is -2.20.